The molecule has 0 amide bonds. The Bertz CT molecular complexity index is 353. The molecule has 0 spiro atoms. The third-order valence-corrected chi connectivity index (χ3v) is 4.19. The Morgan fingerprint density at radius 1 is 1.56 bits per heavy atom. The number of nitrogens with one attached hydrogen (secondary N) is 1. The summed E-state index contributed by atoms with van der Waals surface area (Å²) in [4.78, 5) is 0. The van der Waals surface area contributed by atoms with E-state index in [1.165, 1.54) is 17.9 Å². The highest BCUT2D eigenvalue weighted by Crippen LogP contribution is 2.31. The van der Waals surface area contributed by atoms with Gasteiger partial charge in [-0.15, -0.1) is 0 Å². The van der Waals surface area contributed by atoms with Gasteiger partial charge in [-0.3, -0.25) is 0 Å². The molecule has 1 heterocycles. The normalized spacial score (nSPS) is 19.8. The summed E-state index contributed by atoms with van der Waals surface area (Å²) in [5, 5.41) is 3.56. The number of thioether (sulfide) groups is 1. The molecule has 2 nitrogen and oxygen atoms in total. The predicted molar refractivity (Wildman–Crippen MR) is 74.7 cm³/mol. The average molecular weight is 302 g/mol. The first-order chi connectivity index (χ1) is 7.79. The standard InChI is InChI=1S/C12H16BrNOS/c1-2-15-12-4-3-9(13)7-11(12)14-10-5-6-16-8-10/h3-4,7,10,14H,2,5-6,8H2,1H3. The number of hydrogen-bond donors (Lipinski definition) is 1. The van der Waals surface area contributed by atoms with E-state index in [-0.39, 0.29) is 0 Å². The highest BCUT2D eigenvalue weighted by atomic mass is 79.9. The fourth-order valence-corrected chi connectivity index (χ4v) is 3.28. The smallest absolute Gasteiger partial charge is 0.142 e. The molecule has 1 fully saturated rings. The van der Waals surface area contributed by atoms with Gasteiger partial charge in [0.25, 0.3) is 0 Å². The van der Waals surface area contributed by atoms with E-state index in [4.69, 9.17) is 4.74 Å². The lowest BCUT2D eigenvalue weighted by atomic mass is 10.2. The monoisotopic (exact) mass is 301 g/mol. The van der Waals surface area contributed by atoms with E-state index in [9.17, 15) is 0 Å². The second-order valence-corrected chi connectivity index (χ2v) is 5.84. The average Bonchev–Trinajstić information content (AvgIpc) is 2.75. The molecule has 0 saturated carbocycles. The third kappa shape index (κ3) is 3.08. The van der Waals surface area contributed by atoms with Gasteiger partial charge in [-0.05, 0) is 37.3 Å². The lowest BCUT2D eigenvalue weighted by Crippen LogP contribution is -2.18. The molecule has 4 heteroatoms. The first-order valence-electron chi connectivity index (χ1n) is 5.56. The van der Waals surface area contributed by atoms with E-state index in [0.717, 1.165) is 15.9 Å². The van der Waals surface area contributed by atoms with Gasteiger partial charge in [0, 0.05) is 16.3 Å². The molecule has 0 radical (unpaired) electrons. The third-order valence-electron chi connectivity index (χ3n) is 2.53. The molecular weight excluding hydrogens is 286 g/mol. The van der Waals surface area contributed by atoms with Crippen LogP contribution in [0.4, 0.5) is 5.69 Å². The van der Waals surface area contributed by atoms with Crippen molar-refractivity contribution in [2.75, 3.05) is 23.4 Å². The van der Waals surface area contributed by atoms with Crippen molar-refractivity contribution in [3.63, 3.8) is 0 Å². The molecule has 0 aliphatic carbocycles. The van der Waals surface area contributed by atoms with Gasteiger partial charge in [0.15, 0.2) is 0 Å². The van der Waals surface area contributed by atoms with Crippen LogP contribution in [-0.4, -0.2) is 24.2 Å². The number of rotatable bonds is 4. The summed E-state index contributed by atoms with van der Waals surface area (Å²) in [6.45, 7) is 2.72. The molecule has 88 valence electrons. The summed E-state index contributed by atoms with van der Waals surface area (Å²) in [5.74, 6) is 3.40. The predicted octanol–water partition coefficient (Wildman–Crippen LogP) is 3.77. The lowest BCUT2D eigenvalue weighted by molar-refractivity contribution is 0.341. The minimum Gasteiger partial charge on any atom is -0.492 e. The van der Waals surface area contributed by atoms with Gasteiger partial charge in [0.1, 0.15) is 5.75 Å². The molecule has 0 bridgehead atoms. The summed E-state index contributed by atoms with van der Waals surface area (Å²) in [6.07, 6.45) is 1.24. The largest absolute Gasteiger partial charge is 0.492 e. The first-order valence-corrected chi connectivity index (χ1v) is 7.51. The molecule has 1 aromatic carbocycles. The number of anilines is 1. The quantitative estimate of drug-likeness (QED) is 0.915. The number of halogens is 1. The zero-order valence-electron chi connectivity index (χ0n) is 9.33. The molecular formula is C12H16BrNOS. The summed E-state index contributed by atoms with van der Waals surface area (Å²) in [6, 6.07) is 6.70. The molecule has 1 atom stereocenters. The molecule has 0 aromatic heterocycles. The summed E-state index contributed by atoms with van der Waals surface area (Å²) < 4.78 is 6.70. The molecule has 2 rings (SSSR count). The van der Waals surface area contributed by atoms with Crippen molar-refractivity contribution in [2.24, 2.45) is 0 Å². The van der Waals surface area contributed by atoms with Crippen molar-refractivity contribution >= 4 is 33.4 Å². The van der Waals surface area contributed by atoms with Gasteiger partial charge in [0.05, 0.1) is 12.3 Å². The van der Waals surface area contributed by atoms with Gasteiger partial charge in [-0.1, -0.05) is 15.9 Å². The molecule has 1 N–H and O–H groups in total. The first kappa shape index (κ1) is 12.1. The number of benzene rings is 1. The van der Waals surface area contributed by atoms with Crippen LogP contribution in [0.3, 0.4) is 0 Å². The van der Waals surface area contributed by atoms with Crippen LogP contribution in [0.25, 0.3) is 0 Å². The molecule has 1 saturated heterocycles. The van der Waals surface area contributed by atoms with Crippen molar-refractivity contribution in [1.82, 2.24) is 0 Å². The van der Waals surface area contributed by atoms with Gasteiger partial charge < -0.3 is 10.1 Å². The Morgan fingerprint density at radius 2 is 2.44 bits per heavy atom. The lowest BCUT2D eigenvalue weighted by Gasteiger charge is -2.17. The van der Waals surface area contributed by atoms with Crippen LogP contribution in [0.15, 0.2) is 22.7 Å². The Balaban J connectivity index is 2.12. The molecule has 16 heavy (non-hydrogen) atoms. The Morgan fingerprint density at radius 3 is 3.12 bits per heavy atom. The van der Waals surface area contributed by atoms with E-state index in [1.807, 2.05) is 30.8 Å². The van der Waals surface area contributed by atoms with E-state index in [2.05, 4.69) is 27.3 Å². The maximum Gasteiger partial charge on any atom is 0.142 e. The maximum atomic E-state index is 5.61. The van der Waals surface area contributed by atoms with Crippen LogP contribution in [0.5, 0.6) is 5.75 Å². The maximum absolute atomic E-state index is 5.61. The Labute approximate surface area is 109 Å². The summed E-state index contributed by atoms with van der Waals surface area (Å²) >= 11 is 5.51. The van der Waals surface area contributed by atoms with Gasteiger partial charge in [0.2, 0.25) is 0 Å². The van der Waals surface area contributed by atoms with Crippen molar-refractivity contribution in [1.29, 1.82) is 0 Å². The van der Waals surface area contributed by atoms with E-state index in [0.29, 0.717) is 12.6 Å². The fraction of sp³-hybridized carbons (Fsp3) is 0.500. The number of ether oxygens (including phenoxy) is 1. The SMILES string of the molecule is CCOc1ccc(Br)cc1NC1CCSC1. The van der Waals surface area contributed by atoms with Crippen LogP contribution in [0.1, 0.15) is 13.3 Å². The van der Waals surface area contributed by atoms with Crippen molar-refractivity contribution in [2.45, 2.75) is 19.4 Å². The minimum atomic E-state index is 0.582. The van der Waals surface area contributed by atoms with Gasteiger partial charge in [-0.25, -0.2) is 0 Å². The molecule has 1 unspecified atom stereocenters. The van der Waals surface area contributed by atoms with E-state index < -0.39 is 0 Å². The Hall–Kier alpha value is -0.350. The van der Waals surface area contributed by atoms with E-state index in [1.54, 1.807) is 0 Å². The van der Waals surface area contributed by atoms with Crippen molar-refractivity contribution in [3.05, 3.63) is 22.7 Å². The second kappa shape index (κ2) is 5.82. The molecule has 1 aliphatic rings. The molecule has 1 aromatic rings. The second-order valence-electron chi connectivity index (χ2n) is 3.78. The van der Waals surface area contributed by atoms with Crippen LogP contribution in [-0.2, 0) is 0 Å². The fourth-order valence-electron chi connectivity index (χ4n) is 1.76. The van der Waals surface area contributed by atoms with Crippen molar-refractivity contribution < 1.29 is 4.74 Å². The van der Waals surface area contributed by atoms with E-state index >= 15 is 0 Å². The molecule has 1 aliphatic heterocycles. The summed E-state index contributed by atoms with van der Waals surface area (Å²) in [5.41, 5.74) is 1.10. The topological polar surface area (TPSA) is 21.3 Å². The highest BCUT2D eigenvalue weighted by Gasteiger charge is 2.16. The van der Waals surface area contributed by atoms with Crippen molar-refractivity contribution in [3.8, 4) is 5.75 Å². The zero-order chi connectivity index (χ0) is 11.4. The number of hydrogen-bond acceptors (Lipinski definition) is 3. The van der Waals surface area contributed by atoms with Crippen LogP contribution in [0.2, 0.25) is 0 Å². The van der Waals surface area contributed by atoms with Gasteiger partial charge in [-0.2, -0.15) is 11.8 Å². The zero-order valence-corrected chi connectivity index (χ0v) is 11.7. The van der Waals surface area contributed by atoms with Crippen LogP contribution < -0.4 is 10.1 Å². The Kier molecular flexibility index (Phi) is 4.41. The summed E-state index contributed by atoms with van der Waals surface area (Å²) in [7, 11) is 0. The van der Waals surface area contributed by atoms with Crippen LogP contribution >= 0.6 is 27.7 Å². The minimum absolute atomic E-state index is 0.582. The van der Waals surface area contributed by atoms with Gasteiger partial charge >= 0.3 is 0 Å². The van der Waals surface area contributed by atoms with Crippen LogP contribution in [0, 0.1) is 0 Å². The highest BCUT2D eigenvalue weighted by molar-refractivity contribution is 9.10.